The van der Waals surface area contributed by atoms with Gasteiger partial charge >= 0.3 is 0 Å². The summed E-state index contributed by atoms with van der Waals surface area (Å²) >= 11 is 3.37. The third kappa shape index (κ3) is 3.06. The van der Waals surface area contributed by atoms with Crippen LogP contribution >= 0.6 is 15.9 Å². The SMILES string of the molecule is O=C(Nc1n[nH]c(C2CC2)n1)[C@@H]1CC(=O)N(c2ccc(Br)cc2)C1. The van der Waals surface area contributed by atoms with Gasteiger partial charge < -0.3 is 4.90 Å². The Hall–Kier alpha value is -2.22. The van der Waals surface area contributed by atoms with Gasteiger partial charge in [-0.15, -0.1) is 5.10 Å². The van der Waals surface area contributed by atoms with E-state index in [9.17, 15) is 9.59 Å². The molecule has 2 aromatic rings. The van der Waals surface area contributed by atoms with Crippen LogP contribution in [0.25, 0.3) is 0 Å². The number of aromatic nitrogens is 3. The average molecular weight is 390 g/mol. The molecule has 1 saturated heterocycles. The lowest BCUT2D eigenvalue weighted by atomic mass is 10.1. The Morgan fingerprint density at radius 3 is 2.75 bits per heavy atom. The van der Waals surface area contributed by atoms with E-state index in [1.54, 1.807) is 4.90 Å². The van der Waals surface area contributed by atoms with E-state index in [1.165, 1.54) is 0 Å². The minimum absolute atomic E-state index is 0.0499. The Balaban J connectivity index is 1.41. The summed E-state index contributed by atoms with van der Waals surface area (Å²) in [7, 11) is 0. The van der Waals surface area contributed by atoms with Crippen molar-refractivity contribution in [3.8, 4) is 0 Å². The fourth-order valence-corrected chi connectivity index (χ4v) is 3.10. The van der Waals surface area contributed by atoms with Crippen molar-refractivity contribution < 1.29 is 9.59 Å². The fourth-order valence-electron chi connectivity index (χ4n) is 2.84. The second kappa shape index (κ2) is 6.01. The number of aromatic amines is 1. The van der Waals surface area contributed by atoms with Crippen molar-refractivity contribution in [1.82, 2.24) is 15.2 Å². The molecule has 1 aromatic carbocycles. The van der Waals surface area contributed by atoms with E-state index >= 15 is 0 Å². The van der Waals surface area contributed by atoms with Gasteiger partial charge in [-0.2, -0.15) is 4.98 Å². The number of halogens is 1. The highest BCUT2D eigenvalue weighted by atomic mass is 79.9. The molecule has 0 unspecified atom stereocenters. The zero-order chi connectivity index (χ0) is 16.7. The monoisotopic (exact) mass is 389 g/mol. The van der Waals surface area contributed by atoms with E-state index in [0.717, 1.165) is 28.8 Å². The van der Waals surface area contributed by atoms with Crippen molar-refractivity contribution in [2.45, 2.75) is 25.2 Å². The summed E-state index contributed by atoms with van der Waals surface area (Å²) in [5.41, 5.74) is 0.799. The predicted octanol–water partition coefficient (Wildman–Crippen LogP) is 2.44. The van der Waals surface area contributed by atoms with Crippen LogP contribution in [0.2, 0.25) is 0 Å². The largest absolute Gasteiger partial charge is 0.312 e. The minimum atomic E-state index is -0.399. The van der Waals surface area contributed by atoms with Gasteiger partial charge in [0, 0.05) is 29.0 Å². The molecule has 1 atom stereocenters. The maximum Gasteiger partial charge on any atom is 0.248 e. The molecule has 2 aliphatic rings. The number of hydrogen-bond donors (Lipinski definition) is 2. The first kappa shape index (κ1) is 15.3. The molecular formula is C16H16BrN5O2. The highest BCUT2D eigenvalue weighted by Crippen LogP contribution is 2.38. The van der Waals surface area contributed by atoms with Crippen LogP contribution in [0, 0.1) is 5.92 Å². The maximum atomic E-state index is 12.4. The number of carbonyl (C=O) groups excluding carboxylic acids is 2. The predicted molar refractivity (Wildman–Crippen MR) is 91.6 cm³/mol. The number of nitrogens with one attached hydrogen (secondary N) is 2. The van der Waals surface area contributed by atoms with E-state index in [2.05, 4.69) is 36.4 Å². The molecule has 124 valence electrons. The van der Waals surface area contributed by atoms with Crippen LogP contribution in [0.4, 0.5) is 11.6 Å². The normalized spacial score (nSPS) is 20.5. The van der Waals surface area contributed by atoms with Crippen molar-refractivity contribution in [3.63, 3.8) is 0 Å². The molecule has 7 nitrogen and oxygen atoms in total. The van der Waals surface area contributed by atoms with Crippen LogP contribution in [-0.2, 0) is 9.59 Å². The van der Waals surface area contributed by atoms with Gasteiger partial charge in [-0.3, -0.25) is 20.0 Å². The van der Waals surface area contributed by atoms with Crippen molar-refractivity contribution in [2.24, 2.45) is 5.92 Å². The first-order valence-corrected chi connectivity index (χ1v) is 8.68. The zero-order valence-electron chi connectivity index (χ0n) is 12.8. The van der Waals surface area contributed by atoms with E-state index in [-0.39, 0.29) is 24.2 Å². The summed E-state index contributed by atoms with van der Waals surface area (Å²) in [6, 6.07) is 7.48. The molecule has 0 spiro atoms. The summed E-state index contributed by atoms with van der Waals surface area (Å²) < 4.78 is 0.947. The second-order valence-corrected chi connectivity index (χ2v) is 7.11. The van der Waals surface area contributed by atoms with Gasteiger partial charge in [-0.05, 0) is 37.1 Å². The number of anilines is 2. The third-order valence-corrected chi connectivity index (χ3v) is 4.86. The quantitative estimate of drug-likeness (QED) is 0.839. The van der Waals surface area contributed by atoms with Crippen molar-refractivity contribution in [1.29, 1.82) is 0 Å². The standard InChI is InChI=1S/C16H16BrN5O2/c17-11-3-5-12(6-4-11)22-8-10(7-13(22)23)15(24)19-16-18-14(20-21-16)9-1-2-9/h3-6,9-10H,1-2,7-8H2,(H2,18,19,20,21,24)/t10-/m1/s1. The molecule has 2 N–H and O–H groups in total. The van der Waals surface area contributed by atoms with Crippen LogP contribution < -0.4 is 10.2 Å². The summed E-state index contributed by atoms with van der Waals surface area (Å²) in [6.45, 7) is 0.367. The van der Waals surface area contributed by atoms with Crippen molar-refractivity contribution in [2.75, 3.05) is 16.8 Å². The van der Waals surface area contributed by atoms with Gasteiger partial charge in [-0.25, -0.2) is 0 Å². The lowest BCUT2D eigenvalue weighted by Crippen LogP contribution is -2.28. The summed E-state index contributed by atoms with van der Waals surface area (Å²) in [5.74, 6) is 0.893. The van der Waals surface area contributed by atoms with E-state index < -0.39 is 5.92 Å². The molecule has 1 aliphatic heterocycles. The number of hydrogen-bond acceptors (Lipinski definition) is 4. The number of nitrogens with zero attached hydrogens (tertiary/aromatic N) is 3. The Kier molecular flexibility index (Phi) is 3.84. The topological polar surface area (TPSA) is 91.0 Å². The fraction of sp³-hybridized carbons (Fsp3) is 0.375. The number of rotatable bonds is 4. The molecule has 24 heavy (non-hydrogen) atoms. The highest BCUT2D eigenvalue weighted by Gasteiger charge is 2.35. The smallest absolute Gasteiger partial charge is 0.248 e. The van der Waals surface area contributed by atoms with E-state index in [0.29, 0.717) is 12.5 Å². The molecule has 0 bridgehead atoms. The Morgan fingerprint density at radius 2 is 2.04 bits per heavy atom. The molecule has 1 aliphatic carbocycles. The highest BCUT2D eigenvalue weighted by molar-refractivity contribution is 9.10. The van der Waals surface area contributed by atoms with Gasteiger partial charge in [0.25, 0.3) is 0 Å². The number of carbonyl (C=O) groups is 2. The molecule has 0 radical (unpaired) electrons. The first-order chi connectivity index (χ1) is 11.6. The lowest BCUT2D eigenvalue weighted by Gasteiger charge is -2.16. The van der Waals surface area contributed by atoms with Crippen LogP contribution in [0.1, 0.15) is 31.0 Å². The lowest BCUT2D eigenvalue weighted by molar-refractivity contribution is -0.122. The van der Waals surface area contributed by atoms with Crippen LogP contribution in [-0.4, -0.2) is 33.5 Å². The van der Waals surface area contributed by atoms with Gasteiger partial charge in [0.05, 0.1) is 5.92 Å². The van der Waals surface area contributed by atoms with Gasteiger partial charge in [0.15, 0.2) is 0 Å². The van der Waals surface area contributed by atoms with Crippen molar-refractivity contribution in [3.05, 3.63) is 34.6 Å². The Morgan fingerprint density at radius 1 is 1.29 bits per heavy atom. The number of H-pyrrole nitrogens is 1. The Bertz CT molecular complexity index is 784. The van der Waals surface area contributed by atoms with Gasteiger partial charge in [0.2, 0.25) is 17.8 Å². The molecule has 2 amide bonds. The molecule has 2 heterocycles. The molecule has 1 aromatic heterocycles. The zero-order valence-corrected chi connectivity index (χ0v) is 14.4. The molecule has 2 fully saturated rings. The summed E-state index contributed by atoms with van der Waals surface area (Å²) in [6.07, 6.45) is 2.42. The summed E-state index contributed by atoms with van der Waals surface area (Å²) in [5, 5.41) is 9.59. The van der Waals surface area contributed by atoms with E-state index in [4.69, 9.17) is 0 Å². The van der Waals surface area contributed by atoms with Crippen LogP contribution in [0.3, 0.4) is 0 Å². The van der Waals surface area contributed by atoms with E-state index in [1.807, 2.05) is 24.3 Å². The minimum Gasteiger partial charge on any atom is -0.312 e. The van der Waals surface area contributed by atoms with Crippen LogP contribution in [0.15, 0.2) is 28.7 Å². The second-order valence-electron chi connectivity index (χ2n) is 6.19. The average Bonchev–Trinajstić information content (AvgIpc) is 3.19. The molecule has 4 rings (SSSR count). The number of amides is 2. The first-order valence-electron chi connectivity index (χ1n) is 7.89. The Labute approximate surface area is 147 Å². The molecule has 1 saturated carbocycles. The third-order valence-electron chi connectivity index (χ3n) is 4.34. The van der Waals surface area contributed by atoms with Crippen molar-refractivity contribution >= 4 is 39.4 Å². The molecule has 8 heteroatoms. The number of benzene rings is 1. The molecular weight excluding hydrogens is 374 g/mol. The van der Waals surface area contributed by atoms with Gasteiger partial charge in [0.1, 0.15) is 5.82 Å². The van der Waals surface area contributed by atoms with Gasteiger partial charge in [-0.1, -0.05) is 15.9 Å². The maximum absolute atomic E-state index is 12.4. The summed E-state index contributed by atoms with van der Waals surface area (Å²) in [4.78, 5) is 30.6. The van der Waals surface area contributed by atoms with Crippen LogP contribution in [0.5, 0.6) is 0 Å².